The van der Waals surface area contributed by atoms with Crippen molar-refractivity contribution in [1.29, 1.82) is 0 Å². The second-order valence-electron chi connectivity index (χ2n) is 7.14. The fourth-order valence-electron chi connectivity index (χ4n) is 3.26. The molecule has 3 aromatic rings. The minimum absolute atomic E-state index is 0.119. The van der Waals surface area contributed by atoms with Crippen LogP contribution >= 0.6 is 0 Å². The topological polar surface area (TPSA) is 87.5 Å². The Morgan fingerprint density at radius 1 is 1.10 bits per heavy atom. The van der Waals surface area contributed by atoms with Crippen molar-refractivity contribution in [1.82, 2.24) is 19.3 Å². The average molecular weight is 430 g/mol. The monoisotopic (exact) mass is 429 g/mol. The fourth-order valence-corrected chi connectivity index (χ4v) is 4.18. The molecule has 1 aromatic heterocycles. The standard InChI is InChI=1S/C21H27N5O3S/c1-5-26-19-12-11-17(30(28,29)24(2)3)15-18(19)22-20(26)13-14-21(27)23-25(4)16-9-7-6-8-10-16/h6-12,15H,5,13-14H2,1-4H3,(H,23,27). The van der Waals surface area contributed by atoms with Crippen LogP contribution in [-0.2, 0) is 27.8 Å². The molecule has 0 unspecified atom stereocenters. The first-order valence-electron chi connectivity index (χ1n) is 9.74. The lowest BCUT2D eigenvalue weighted by molar-refractivity contribution is -0.121. The number of aromatic nitrogens is 2. The Morgan fingerprint density at radius 2 is 1.80 bits per heavy atom. The summed E-state index contributed by atoms with van der Waals surface area (Å²) in [5.41, 5.74) is 5.20. The Labute approximate surface area is 177 Å². The van der Waals surface area contributed by atoms with E-state index >= 15 is 0 Å². The van der Waals surface area contributed by atoms with Crippen LogP contribution in [0.5, 0.6) is 0 Å². The molecule has 0 atom stereocenters. The van der Waals surface area contributed by atoms with E-state index in [0.717, 1.165) is 17.0 Å². The first-order valence-corrected chi connectivity index (χ1v) is 11.2. The Morgan fingerprint density at radius 3 is 2.43 bits per heavy atom. The third kappa shape index (κ3) is 4.47. The summed E-state index contributed by atoms with van der Waals surface area (Å²) in [5, 5.41) is 1.68. The molecule has 1 amide bonds. The van der Waals surface area contributed by atoms with Crippen molar-refractivity contribution >= 4 is 32.7 Å². The van der Waals surface area contributed by atoms with Gasteiger partial charge in [-0.25, -0.2) is 17.7 Å². The third-order valence-electron chi connectivity index (χ3n) is 4.91. The molecule has 0 bridgehead atoms. The van der Waals surface area contributed by atoms with Gasteiger partial charge in [-0.2, -0.15) is 0 Å². The molecule has 8 nitrogen and oxygen atoms in total. The fraction of sp³-hybridized carbons (Fsp3) is 0.333. The zero-order valence-corrected chi connectivity index (χ0v) is 18.5. The van der Waals surface area contributed by atoms with Gasteiger partial charge in [0.1, 0.15) is 5.82 Å². The summed E-state index contributed by atoms with van der Waals surface area (Å²) in [6, 6.07) is 14.5. The molecule has 0 spiro atoms. The van der Waals surface area contributed by atoms with Crippen LogP contribution in [0, 0.1) is 0 Å². The van der Waals surface area contributed by atoms with E-state index in [4.69, 9.17) is 0 Å². The highest BCUT2D eigenvalue weighted by Crippen LogP contribution is 2.22. The van der Waals surface area contributed by atoms with E-state index in [1.54, 1.807) is 30.3 Å². The molecule has 30 heavy (non-hydrogen) atoms. The minimum atomic E-state index is -3.53. The van der Waals surface area contributed by atoms with Gasteiger partial charge in [0.05, 0.1) is 21.6 Å². The van der Waals surface area contributed by atoms with Gasteiger partial charge in [0.25, 0.3) is 0 Å². The number of rotatable bonds is 8. The molecular formula is C21H27N5O3S. The van der Waals surface area contributed by atoms with Crippen LogP contribution < -0.4 is 10.4 Å². The van der Waals surface area contributed by atoms with Gasteiger partial charge in [0.2, 0.25) is 15.9 Å². The van der Waals surface area contributed by atoms with Gasteiger partial charge in [0.15, 0.2) is 0 Å². The van der Waals surface area contributed by atoms with Crippen LogP contribution in [0.4, 0.5) is 5.69 Å². The third-order valence-corrected chi connectivity index (χ3v) is 6.72. The number of amides is 1. The Kier molecular flexibility index (Phi) is 6.42. The molecule has 0 saturated carbocycles. The number of benzene rings is 2. The van der Waals surface area contributed by atoms with Gasteiger partial charge >= 0.3 is 0 Å². The number of carbonyl (C=O) groups is 1. The molecule has 9 heteroatoms. The van der Waals surface area contributed by atoms with Crippen molar-refractivity contribution < 1.29 is 13.2 Å². The van der Waals surface area contributed by atoms with Gasteiger partial charge in [-0.3, -0.25) is 15.2 Å². The second kappa shape index (κ2) is 8.85. The van der Waals surface area contributed by atoms with E-state index in [0.29, 0.717) is 18.5 Å². The number of hydrogen-bond acceptors (Lipinski definition) is 5. The van der Waals surface area contributed by atoms with E-state index in [9.17, 15) is 13.2 Å². The summed E-state index contributed by atoms with van der Waals surface area (Å²) >= 11 is 0. The van der Waals surface area contributed by atoms with E-state index in [-0.39, 0.29) is 17.2 Å². The van der Waals surface area contributed by atoms with Crippen LogP contribution in [0.15, 0.2) is 53.4 Å². The number of imidazole rings is 1. The molecule has 160 valence electrons. The molecule has 0 radical (unpaired) electrons. The highest BCUT2D eigenvalue weighted by atomic mass is 32.2. The van der Waals surface area contributed by atoms with Gasteiger partial charge in [0, 0.05) is 40.5 Å². The number of para-hydroxylation sites is 1. The normalized spacial score (nSPS) is 11.8. The van der Waals surface area contributed by atoms with Crippen LogP contribution in [0.25, 0.3) is 11.0 Å². The zero-order valence-electron chi connectivity index (χ0n) is 17.7. The van der Waals surface area contributed by atoms with Crippen LogP contribution in [0.3, 0.4) is 0 Å². The number of hydrogen-bond donors (Lipinski definition) is 1. The highest BCUT2D eigenvalue weighted by molar-refractivity contribution is 7.89. The number of fused-ring (bicyclic) bond motifs is 1. The molecule has 0 aliphatic carbocycles. The summed E-state index contributed by atoms with van der Waals surface area (Å²) in [6.45, 7) is 2.68. The van der Waals surface area contributed by atoms with Crippen molar-refractivity contribution in [3.05, 3.63) is 54.4 Å². The summed E-state index contributed by atoms with van der Waals surface area (Å²) in [7, 11) is 1.26. The van der Waals surface area contributed by atoms with Crippen LogP contribution in [0.1, 0.15) is 19.2 Å². The van der Waals surface area contributed by atoms with Crippen LogP contribution in [-0.4, -0.2) is 49.3 Å². The lowest BCUT2D eigenvalue weighted by Gasteiger charge is -2.20. The predicted octanol–water partition coefficient (Wildman–Crippen LogP) is 2.41. The number of sulfonamides is 1. The maximum atomic E-state index is 12.4. The first-order chi connectivity index (χ1) is 14.2. The summed E-state index contributed by atoms with van der Waals surface area (Å²) in [5.74, 6) is 0.636. The van der Waals surface area contributed by atoms with Gasteiger partial charge in [-0.15, -0.1) is 0 Å². The van der Waals surface area contributed by atoms with Gasteiger partial charge < -0.3 is 4.57 Å². The lowest BCUT2D eigenvalue weighted by Crippen LogP contribution is -2.39. The second-order valence-corrected chi connectivity index (χ2v) is 9.29. The molecule has 3 rings (SSSR count). The summed E-state index contributed by atoms with van der Waals surface area (Å²) < 4.78 is 28.0. The maximum absolute atomic E-state index is 12.4. The number of nitrogens with zero attached hydrogens (tertiary/aromatic N) is 4. The molecule has 0 aliphatic heterocycles. The zero-order chi connectivity index (χ0) is 21.9. The first kappa shape index (κ1) is 21.8. The van der Waals surface area contributed by atoms with E-state index in [2.05, 4.69) is 10.4 Å². The predicted molar refractivity (Wildman–Crippen MR) is 118 cm³/mol. The largest absolute Gasteiger partial charge is 0.328 e. The smallest absolute Gasteiger partial charge is 0.242 e. The van der Waals surface area contributed by atoms with E-state index in [1.165, 1.54) is 18.4 Å². The van der Waals surface area contributed by atoms with Crippen molar-refractivity contribution in [3.8, 4) is 0 Å². The SMILES string of the molecule is CCn1c(CCC(=O)NN(C)c2ccccc2)nc2cc(S(=O)(=O)N(C)C)ccc21. The van der Waals surface area contributed by atoms with Gasteiger partial charge in [-0.05, 0) is 37.3 Å². The average Bonchev–Trinajstić information content (AvgIpc) is 3.09. The van der Waals surface area contributed by atoms with E-state index < -0.39 is 10.0 Å². The maximum Gasteiger partial charge on any atom is 0.242 e. The molecular weight excluding hydrogens is 402 g/mol. The molecule has 0 saturated heterocycles. The lowest BCUT2D eigenvalue weighted by atomic mass is 10.3. The molecule has 0 aliphatic rings. The number of aryl methyl sites for hydroxylation is 2. The van der Waals surface area contributed by atoms with Crippen molar-refractivity contribution in [2.24, 2.45) is 0 Å². The minimum Gasteiger partial charge on any atom is -0.328 e. The number of hydrazine groups is 1. The molecule has 2 aromatic carbocycles. The molecule has 1 heterocycles. The number of nitrogens with one attached hydrogen (secondary N) is 1. The van der Waals surface area contributed by atoms with Crippen molar-refractivity contribution in [3.63, 3.8) is 0 Å². The van der Waals surface area contributed by atoms with Crippen LogP contribution in [0.2, 0.25) is 0 Å². The van der Waals surface area contributed by atoms with Gasteiger partial charge in [-0.1, -0.05) is 18.2 Å². The number of carbonyl (C=O) groups excluding carboxylic acids is 1. The molecule has 0 fully saturated rings. The summed E-state index contributed by atoms with van der Waals surface area (Å²) in [4.78, 5) is 17.2. The highest BCUT2D eigenvalue weighted by Gasteiger charge is 2.20. The quantitative estimate of drug-likeness (QED) is 0.556. The van der Waals surface area contributed by atoms with E-state index in [1.807, 2.05) is 41.8 Å². The molecule has 1 N–H and O–H groups in total. The summed E-state index contributed by atoms with van der Waals surface area (Å²) in [6.07, 6.45) is 0.718. The Bertz CT molecular complexity index is 1140. The number of anilines is 1. The Hall–Kier alpha value is -2.91. The van der Waals surface area contributed by atoms with Crippen molar-refractivity contribution in [2.45, 2.75) is 31.2 Å². The Balaban J connectivity index is 1.76. The van der Waals surface area contributed by atoms with Crippen molar-refractivity contribution in [2.75, 3.05) is 26.2 Å².